The van der Waals surface area contributed by atoms with Crippen molar-refractivity contribution in [3.05, 3.63) is 34.1 Å². The Hall–Kier alpha value is -0.940. The molecule has 0 aromatic heterocycles. The molecule has 0 atom stereocenters. The summed E-state index contributed by atoms with van der Waals surface area (Å²) >= 11 is 3.27. The summed E-state index contributed by atoms with van der Waals surface area (Å²) in [4.78, 5) is 14.3. The number of carbonyl (C=O) groups is 1. The molecule has 19 heavy (non-hydrogen) atoms. The number of benzene rings is 1. The van der Waals surface area contributed by atoms with Crippen molar-refractivity contribution in [1.29, 1.82) is 0 Å². The zero-order valence-electron chi connectivity index (χ0n) is 11.2. The maximum atomic E-state index is 13.2. The van der Waals surface area contributed by atoms with Gasteiger partial charge in [-0.25, -0.2) is 4.39 Å². The molecule has 5 heteroatoms. The third-order valence-electron chi connectivity index (χ3n) is 3.98. The van der Waals surface area contributed by atoms with Gasteiger partial charge in [0, 0.05) is 16.6 Å². The lowest BCUT2D eigenvalue weighted by Gasteiger charge is -2.47. The number of nitrogens with one attached hydrogen (secondary N) is 1. The molecule has 0 radical (unpaired) electrons. The SMILES string of the molecule is CN(C)C1(CNC(=O)c2cc(F)ccc2Br)CCC1. The Morgan fingerprint density at radius 3 is 2.68 bits per heavy atom. The molecule has 1 aromatic carbocycles. The second-order valence-electron chi connectivity index (χ2n) is 5.28. The van der Waals surface area contributed by atoms with E-state index in [0.29, 0.717) is 16.6 Å². The van der Waals surface area contributed by atoms with Crippen LogP contribution in [0.1, 0.15) is 29.6 Å². The second kappa shape index (κ2) is 5.59. The van der Waals surface area contributed by atoms with Gasteiger partial charge < -0.3 is 10.2 Å². The van der Waals surface area contributed by atoms with Crippen molar-refractivity contribution in [3.63, 3.8) is 0 Å². The molecular formula is C14H18BrFN2O. The highest BCUT2D eigenvalue weighted by Crippen LogP contribution is 2.35. The van der Waals surface area contributed by atoms with Gasteiger partial charge in [0.15, 0.2) is 0 Å². The van der Waals surface area contributed by atoms with E-state index in [4.69, 9.17) is 0 Å². The summed E-state index contributed by atoms with van der Waals surface area (Å²) in [7, 11) is 4.06. The van der Waals surface area contributed by atoms with Crippen LogP contribution < -0.4 is 5.32 Å². The van der Waals surface area contributed by atoms with Gasteiger partial charge in [-0.2, -0.15) is 0 Å². The number of hydrogen-bond donors (Lipinski definition) is 1. The number of likely N-dealkylation sites (N-methyl/N-ethyl adjacent to an activating group) is 1. The fourth-order valence-corrected chi connectivity index (χ4v) is 2.81. The Kier molecular flexibility index (Phi) is 4.26. The van der Waals surface area contributed by atoms with E-state index in [-0.39, 0.29) is 11.4 Å². The summed E-state index contributed by atoms with van der Waals surface area (Å²) in [5.41, 5.74) is 0.406. The summed E-state index contributed by atoms with van der Waals surface area (Å²) in [5.74, 6) is -0.640. The zero-order valence-corrected chi connectivity index (χ0v) is 12.8. The van der Waals surface area contributed by atoms with Gasteiger partial charge in [0.25, 0.3) is 5.91 Å². The molecule has 0 unspecified atom stereocenters. The highest BCUT2D eigenvalue weighted by Gasteiger charge is 2.39. The Morgan fingerprint density at radius 2 is 2.16 bits per heavy atom. The number of carbonyl (C=O) groups excluding carboxylic acids is 1. The first kappa shape index (κ1) is 14.5. The first-order valence-corrected chi connectivity index (χ1v) is 7.15. The molecule has 2 rings (SSSR count). The van der Waals surface area contributed by atoms with Gasteiger partial charge >= 0.3 is 0 Å². The van der Waals surface area contributed by atoms with Crippen LogP contribution >= 0.6 is 15.9 Å². The highest BCUT2D eigenvalue weighted by molar-refractivity contribution is 9.10. The van der Waals surface area contributed by atoms with Crippen molar-refractivity contribution in [3.8, 4) is 0 Å². The van der Waals surface area contributed by atoms with Crippen LogP contribution in [0.5, 0.6) is 0 Å². The summed E-state index contributed by atoms with van der Waals surface area (Å²) in [6.45, 7) is 0.599. The summed E-state index contributed by atoms with van der Waals surface area (Å²) in [5, 5.41) is 2.91. The van der Waals surface area contributed by atoms with Gasteiger partial charge in [0.2, 0.25) is 0 Å². The quantitative estimate of drug-likeness (QED) is 0.921. The Morgan fingerprint density at radius 1 is 1.47 bits per heavy atom. The molecule has 1 saturated carbocycles. The van der Waals surface area contributed by atoms with E-state index in [1.807, 2.05) is 14.1 Å². The predicted octanol–water partition coefficient (Wildman–Crippen LogP) is 2.80. The zero-order chi connectivity index (χ0) is 14.0. The molecule has 1 aliphatic carbocycles. The molecule has 1 amide bonds. The standard InChI is InChI=1S/C14H18BrFN2O/c1-18(2)14(6-3-7-14)9-17-13(19)11-8-10(16)4-5-12(11)15/h4-5,8H,3,6-7,9H2,1-2H3,(H,17,19). The van der Waals surface area contributed by atoms with Crippen LogP contribution in [-0.2, 0) is 0 Å². The molecule has 1 aliphatic rings. The highest BCUT2D eigenvalue weighted by atomic mass is 79.9. The van der Waals surface area contributed by atoms with Gasteiger partial charge in [-0.05, 0) is 67.5 Å². The third-order valence-corrected chi connectivity index (χ3v) is 4.68. The molecule has 0 bridgehead atoms. The van der Waals surface area contributed by atoms with Crippen molar-refractivity contribution >= 4 is 21.8 Å². The smallest absolute Gasteiger partial charge is 0.252 e. The maximum absolute atomic E-state index is 13.2. The first-order chi connectivity index (χ1) is 8.94. The normalized spacial score (nSPS) is 17.1. The van der Waals surface area contributed by atoms with Gasteiger partial charge in [0.1, 0.15) is 5.82 Å². The van der Waals surface area contributed by atoms with Crippen molar-refractivity contribution in [2.24, 2.45) is 0 Å². The number of amides is 1. The van der Waals surface area contributed by atoms with Crippen molar-refractivity contribution in [1.82, 2.24) is 10.2 Å². The van der Waals surface area contributed by atoms with Crippen molar-refractivity contribution in [2.75, 3.05) is 20.6 Å². The van der Waals surface area contributed by atoms with Gasteiger partial charge in [-0.3, -0.25) is 4.79 Å². The largest absolute Gasteiger partial charge is 0.350 e. The number of nitrogens with zero attached hydrogens (tertiary/aromatic N) is 1. The van der Waals surface area contributed by atoms with Crippen LogP contribution in [0.25, 0.3) is 0 Å². The van der Waals surface area contributed by atoms with E-state index in [9.17, 15) is 9.18 Å². The number of rotatable bonds is 4. The topological polar surface area (TPSA) is 32.3 Å². The summed E-state index contributed by atoms with van der Waals surface area (Å²) in [6.07, 6.45) is 3.37. The Bertz CT molecular complexity index is 486. The fourth-order valence-electron chi connectivity index (χ4n) is 2.38. The van der Waals surface area contributed by atoms with Crippen LogP contribution in [-0.4, -0.2) is 37.0 Å². The van der Waals surface area contributed by atoms with Crippen LogP contribution in [0.15, 0.2) is 22.7 Å². The van der Waals surface area contributed by atoms with E-state index >= 15 is 0 Å². The van der Waals surface area contributed by atoms with Crippen LogP contribution in [0.4, 0.5) is 4.39 Å². The molecule has 0 heterocycles. The predicted molar refractivity (Wildman–Crippen MR) is 76.7 cm³/mol. The van der Waals surface area contributed by atoms with E-state index in [1.165, 1.54) is 18.6 Å². The molecule has 1 aromatic rings. The Labute approximate surface area is 121 Å². The van der Waals surface area contributed by atoms with E-state index < -0.39 is 5.82 Å². The minimum absolute atomic E-state index is 0.0649. The lowest BCUT2D eigenvalue weighted by Crippen LogP contribution is -2.57. The fraction of sp³-hybridized carbons (Fsp3) is 0.500. The van der Waals surface area contributed by atoms with Crippen LogP contribution in [0.2, 0.25) is 0 Å². The average Bonchev–Trinajstić information content (AvgIpc) is 2.30. The lowest BCUT2D eigenvalue weighted by molar-refractivity contribution is 0.0557. The third kappa shape index (κ3) is 2.98. The molecule has 0 spiro atoms. The maximum Gasteiger partial charge on any atom is 0.252 e. The van der Waals surface area contributed by atoms with Crippen LogP contribution in [0.3, 0.4) is 0 Å². The molecule has 104 valence electrons. The molecule has 0 saturated heterocycles. The van der Waals surface area contributed by atoms with Crippen molar-refractivity contribution < 1.29 is 9.18 Å². The minimum Gasteiger partial charge on any atom is -0.350 e. The lowest BCUT2D eigenvalue weighted by atomic mass is 9.75. The second-order valence-corrected chi connectivity index (χ2v) is 6.13. The van der Waals surface area contributed by atoms with Gasteiger partial charge in [-0.15, -0.1) is 0 Å². The summed E-state index contributed by atoms with van der Waals surface area (Å²) < 4.78 is 13.8. The Balaban J connectivity index is 2.03. The first-order valence-electron chi connectivity index (χ1n) is 6.35. The van der Waals surface area contributed by atoms with Crippen molar-refractivity contribution in [2.45, 2.75) is 24.8 Å². The summed E-state index contributed by atoms with van der Waals surface area (Å²) in [6, 6.07) is 4.13. The molecular weight excluding hydrogens is 311 g/mol. The van der Waals surface area contributed by atoms with Gasteiger partial charge in [-0.1, -0.05) is 0 Å². The van der Waals surface area contributed by atoms with Crippen LogP contribution in [0, 0.1) is 5.82 Å². The molecule has 1 fully saturated rings. The average molecular weight is 329 g/mol. The van der Waals surface area contributed by atoms with E-state index in [2.05, 4.69) is 26.1 Å². The molecule has 3 nitrogen and oxygen atoms in total. The van der Waals surface area contributed by atoms with Gasteiger partial charge in [0.05, 0.1) is 5.56 Å². The molecule has 0 aliphatic heterocycles. The number of hydrogen-bond acceptors (Lipinski definition) is 2. The monoisotopic (exact) mass is 328 g/mol. The van der Waals surface area contributed by atoms with E-state index in [1.54, 1.807) is 6.07 Å². The molecule has 1 N–H and O–H groups in total. The minimum atomic E-state index is -0.403. The number of halogens is 2. The van der Waals surface area contributed by atoms with E-state index in [0.717, 1.165) is 12.8 Å².